The maximum Gasteiger partial charge on any atom is 0.251 e. The molecule has 1 aliphatic rings. The lowest BCUT2D eigenvalue weighted by molar-refractivity contribution is 0.0950. The maximum absolute atomic E-state index is 12.8. The number of para-hydroxylation sites is 2. The van der Waals surface area contributed by atoms with Gasteiger partial charge in [-0.2, -0.15) is 0 Å². The van der Waals surface area contributed by atoms with E-state index in [2.05, 4.69) is 39.4 Å². The van der Waals surface area contributed by atoms with E-state index in [1.807, 2.05) is 54.6 Å². The third-order valence-corrected chi connectivity index (χ3v) is 6.23. The molecule has 1 N–H and O–H groups in total. The molecule has 0 aliphatic carbocycles. The summed E-state index contributed by atoms with van der Waals surface area (Å²) in [4.78, 5) is 17.7. The Morgan fingerprint density at radius 1 is 0.879 bits per heavy atom. The lowest BCUT2D eigenvalue weighted by Crippen LogP contribution is -2.47. The third-order valence-electron chi connectivity index (χ3n) is 6.23. The third kappa shape index (κ3) is 6.14. The van der Waals surface area contributed by atoms with Gasteiger partial charge in [0.25, 0.3) is 5.91 Å². The van der Waals surface area contributed by atoms with Gasteiger partial charge in [-0.25, -0.2) is 0 Å². The summed E-state index contributed by atoms with van der Waals surface area (Å²) in [6.07, 6.45) is 1.71. The Bertz CT molecular complexity index is 1030. The van der Waals surface area contributed by atoms with Gasteiger partial charge in [0.15, 0.2) is 0 Å². The average molecular weight is 444 g/mol. The predicted octanol–water partition coefficient (Wildman–Crippen LogP) is 4.23. The second-order valence-corrected chi connectivity index (χ2v) is 8.43. The molecule has 1 amide bonds. The van der Waals surface area contributed by atoms with Crippen LogP contribution in [0.15, 0.2) is 78.9 Å². The Morgan fingerprint density at radius 2 is 1.58 bits per heavy atom. The summed E-state index contributed by atoms with van der Waals surface area (Å²) >= 11 is 0. The van der Waals surface area contributed by atoms with Gasteiger partial charge in [-0.3, -0.25) is 9.69 Å². The van der Waals surface area contributed by atoms with E-state index in [0.717, 1.165) is 62.4 Å². The summed E-state index contributed by atoms with van der Waals surface area (Å²) in [5, 5.41) is 3.12. The first-order chi connectivity index (χ1) is 16.2. The Morgan fingerprint density at radius 3 is 2.36 bits per heavy atom. The molecule has 0 atom stereocenters. The number of hydrogen-bond acceptors (Lipinski definition) is 4. The molecule has 3 aromatic carbocycles. The van der Waals surface area contributed by atoms with E-state index >= 15 is 0 Å². The first-order valence-corrected chi connectivity index (χ1v) is 11.7. The smallest absolute Gasteiger partial charge is 0.251 e. The van der Waals surface area contributed by atoms with Gasteiger partial charge in [0.1, 0.15) is 5.75 Å². The molecule has 0 spiro atoms. The number of carbonyl (C=O) groups is 1. The molecular formula is C28H33N3O2. The fourth-order valence-corrected chi connectivity index (χ4v) is 4.41. The summed E-state index contributed by atoms with van der Waals surface area (Å²) in [7, 11) is 1.73. The highest BCUT2D eigenvalue weighted by molar-refractivity contribution is 5.95. The molecule has 0 aromatic heterocycles. The normalized spacial score (nSPS) is 14.2. The minimum atomic E-state index is 0.0162. The van der Waals surface area contributed by atoms with E-state index < -0.39 is 0 Å². The minimum absolute atomic E-state index is 0.0162. The molecule has 0 bridgehead atoms. The van der Waals surface area contributed by atoms with Gasteiger partial charge < -0.3 is 15.0 Å². The largest absolute Gasteiger partial charge is 0.495 e. The highest BCUT2D eigenvalue weighted by Crippen LogP contribution is 2.28. The van der Waals surface area contributed by atoms with Gasteiger partial charge in [-0.15, -0.1) is 0 Å². The lowest BCUT2D eigenvalue weighted by atomic mass is 9.99. The zero-order valence-electron chi connectivity index (χ0n) is 19.4. The van der Waals surface area contributed by atoms with Crippen molar-refractivity contribution in [2.24, 2.45) is 0 Å². The topological polar surface area (TPSA) is 44.8 Å². The quantitative estimate of drug-likeness (QED) is 0.503. The Kier molecular flexibility index (Phi) is 7.99. The number of benzene rings is 3. The Hall–Kier alpha value is -3.31. The Labute approximate surface area is 197 Å². The number of rotatable bonds is 9. The van der Waals surface area contributed by atoms with Crippen LogP contribution in [0.4, 0.5) is 5.69 Å². The molecule has 1 fully saturated rings. The fourth-order valence-electron chi connectivity index (χ4n) is 4.41. The molecule has 1 aliphatic heterocycles. The highest BCUT2D eigenvalue weighted by Gasteiger charge is 2.19. The van der Waals surface area contributed by atoms with Crippen LogP contribution in [-0.2, 0) is 6.42 Å². The number of nitrogens with one attached hydrogen (secondary N) is 1. The molecule has 3 aromatic rings. The van der Waals surface area contributed by atoms with Crippen LogP contribution in [0.1, 0.15) is 27.9 Å². The number of hydrogen-bond donors (Lipinski definition) is 1. The minimum Gasteiger partial charge on any atom is -0.495 e. The predicted molar refractivity (Wildman–Crippen MR) is 134 cm³/mol. The van der Waals surface area contributed by atoms with Gasteiger partial charge in [-0.1, -0.05) is 60.7 Å². The van der Waals surface area contributed by atoms with E-state index in [9.17, 15) is 4.79 Å². The molecule has 1 heterocycles. The van der Waals surface area contributed by atoms with Crippen molar-refractivity contribution in [3.63, 3.8) is 0 Å². The van der Waals surface area contributed by atoms with Crippen molar-refractivity contribution < 1.29 is 9.53 Å². The lowest BCUT2D eigenvalue weighted by Gasteiger charge is -2.36. The van der Waals surface area contributed by atoms with Crippen LogP contribution in [0.2, 0.25) is 0 Å². The number of piperazine rings is 1. The molecule has 5 nitrogen and oxygen atoms in total. The molecular weight excluding hydrogens is 410 g/mol. The maximum atomic E-state index is 12.8. The van der Waals surface area contributed by atoms with Gasteiger partial charge in [0, 0.05) is 38.3 Å². The van der Waals surface area contributed by atoms with Gasteiger partial charge in [0.2, 0.25) is 0 Å². The van der Waals surface area contributed by atoms with Crippen molar-refractivity contribution in [3.8, 4) is 5.75 Å². The van der Waals surface area contributed by atoms with Crippen LogP contribution in [0.3, 0.4) is 0 Å². The van der Waals surface area contributed by atoms with E-state index in [1.54, 1.807) is 7.11 Å². The van der Waals surface area contributed by atoms with Crippen LogP contribution >= 0.6 is 0 Å². The van der Waals surface area contributed by atoms with Gasteiger partial charge >= 0.3 is 0 Å². The zero-order chi connectivity index (χ0) is 22.9. The fraction of sp³-hybridized carbons (Fsp3) is 0.321. The molecule has 1 saturated heterocycles. The van der Waals surface area contributed by atoms with Crippen LogP contribution in [0.5, 0.6) is 5.75 Å². The van der Waals surface area contributed by atoms with Crippen LogP contribution in [-0.4, -0.2) is 57.2 Å². The molecule has 172 valence electrons. The summed E-state index contributed by atoms with van der Waals surface area (Å²) in [6, 6.07) is 26.4. The summed E-state index contributed by atoms with van der Waals surface area (Å²) in [5.41, 5.74) is 4.21. The second kappa shape index (κ2) is 11.5. The SMILES string of the molecule is COc1ccccc1N1CCN(CCCNC(=O)c2ccccc2Cc2ccccc2)CC1. The van der Waals surface area contributed by atoms with Crippen molar-refractivity contribution in [1.29, 1.82) is 0 Å². The van der Waals surface area contributed by atoms with Crippen LogP contribution < -0.4 is 15.0 Å². The van der Waals surface area contributed by atoms with Gasteiger partial charge in [-0.05, 0) is 48.7 Å². The zero-order valence-corrected chi connectivity index (χ0v) is 19.4. The molecule has 0 unspecified atom stereocenters. The van der Waals surface area contributed by atoms with Crippen molar-refractivity contribution in [1.82, 2.24) is 10.2 Å². The van der Waals surface area contributed by atoms with Crippen molar-refractivity contribution in [2.45, 2.75) is 12.8 Å². The van der Waals surface area contributed by atoms with Crippen LogP contribution in [0.25, 0.3) is 0 Å². The number of anilines is 1. The first-order valence-electron chi connectivity index (χ1n) is 11.7. The average Bonchev–Trinajstić information content (AvgIpc) is 2.88. The number of ether oxygens (including phenoxy) is 1. The summed E-state index contributed by atoms with van der Waals surface area (Å²) in [5.74, 6) is 0.948. The van der Waals surface area contributed by atoms with E-state index in [0.29, 0.717) is 6.54 Å². The first kappa shape index (κ1) is 22.9. The summed E-state index contributed by atoms with van der Waals surface area (Å²) in [6.45, 7) is 5.69. The number of methoxy groups -OCH3 is 1. The van der Waals surface area contributed by atoms with E-state index in [1.165, 1.54) is 11.3 Å². The van der Waals surface area contributed by atoms with Crippen LogP contribution in [0, 0.1) is 0 Å². The van der Waals surface area contributed by atoms with E-state index in [-0.39, 0.29) is 5.91 Å². The number of nitrogens with zero attached hydrogens (tertiary/aromatic N) is 2. The molecule has 4 rings (SSSR count). The van der Waals surface area contributed by atoms with Crippen molar-refractivity contribution in [3.05, 3.63) is 95.6 Å². The molecule has 33 heavy (non-hydrogen) atoms. The number of carbonyl (C=O) groups excluding carboxylic acids is 1. The molecule has 5 heteroatoms. The summed E-state index contributed by atoms with van der Waals surface area (Å²) < 4.78 is 5.51. The standard InChI is InChI=1S/C28H33N3O2/c1-33-27-15-8-7-14-26(27)31-20-18-30(19-21-31)17-9-16-29-28(32)25-13-6-5-12-24(25)22-23-10-3-2-4-11-23/h2-8,10-15H,9,16-22H2,1H3,(H,29,32). The van der Waals surface area contributed by atoms with Crippen molar-refractivity contribution in [2.75, 3.05) is 51.3 Å². The highest BCUT2D eigenvalue weighted by atomic mass is 16.5. The molecule has 0 saturated carbocycles. The Balaban J connectivity index is 1.21. The van der Waals surface area contributed by atoms with Gasteiger partial charge in [0.05, 0.1) is 12.8 Å². The molecule has 0 radical (unpaired) electrons. The van der Waals surface area contributed by atoms with Crippen molar-refractivity contribution >= 4 is 11.6 Å². The monoisotopic (exact) mass is 443 g/mol. The number of amides is 1. The second-order valence-electron chi connectivity index (χ2n) is 8.43. The van der Waals surface area contributed by atoms with E-state index in [4.69, 9.17) is 4.74 Å².